The highest BCUT2D eigenvalue weighted by Gasteiger charge is 2.51. The van der Waals surface area contributed by atoms with Crippen molar-refractivity contribution in [3.05, 3.63) is 11.1 Å². The van der Waals surface area contributed by atoms with Crippen LogP contribution in [0.15, 0.2) is 11.1 Å². The minimum atomic E-state index is -0.161. The monoisotopic (exact) mass is 322 g/mol. The van der Waals surface area contributed by atoms with Crippen molar-refractivity contribution in [2.75, 3.05) is 30.5 Å². The Kier molecular flexibility index (Phi) is 4.12. The van der Waals surface area contributed by atoms with E-state index in [1.165, 1.54) is 11.3 Å². The molecule has 0 N–H and O–H groups in total. The Morgan fingerprint density at radius 2 is 2.29 bits per heavy atom. The van der Waals surface area contributed by atoms with Gasteiger partial charge in [-0.05, 0) is 25.5 Å². The van der Waals surface area contributed by atoms with Crippen LogP contribution in [0, 0.1) is 5.41 Å². The van der Waals surface area contributed by atoms with Gasteiger partial charge in [-0.2, -0.15) is 11.8 Å². The standard InChI is InChI=1S/C14H18N4OS2/c1-18(12(19)14(5-6-14)9-20-2)13-17-16-11(21-13)10-4-3-7-15-8-10/h4,8H,3,5-7,9H2,1-2H3. The average molecular weight is 322 g/mol. The van der Waals surface area contributed by atoms with Crippen LogP contribution in [0.5, 0.6) is 0 Å². The molecule has 0 atom stereocenters. The quantitative estimate of drug-likeness (QED) is 0.836. The molecule has 2 aliphatic rings. The molecule has 1 saturated carbocycles. The van der Waals surface area contributed by atoms with Gasteiger partial charge in [0.25, 0.3) is 0 Å². The summed E-state index contributed by atoms with van der Waals surface area (Å²) in [6.45, 7) is 0.838. The van der Waals surface area contributed by atoms with Crippen LogP contribution in [0.1, 0.15) is 24.3 Å². The minimum absolute atomic E-state index is 0.161. The van der Waals surface area contributed by atoms with Gasteiger partial charge in [-0.15, -0.1) is 10.2 Å². The van der Waals surface area contributed by atoms with Crippen molar-refractivity contribution in [3.8, 4) is 0 Å². The molecule has 0 saturated heterocycles. The third-order valence-corrected chi connectivity index (χ3v) is 5.72. The fourth-order valence-corrected chi connectivity index (χ4v) is 4.18. The number of thioether (sulfide) groups is 1. The number of hydrogen-bond donors (Lipinski definition) is 0. The van der Waals surface area contributed by atoms with Crippen molar-refractivity contribution in [1.82, 2.24) is 10.2 Å². The largest absolute Gasteiger partial charge is 0.292 e. The van der Waals surface area contributed by atoms with Crippen LogP contribution in [-0.2, 0) is 4.79 Å². The Labute approximate surface area is 132 Å². The molecule has 1 aliphatic heterocycles. The maximum atomic E-state index is 12.6. The number of allylic oxidation sites excluding steroid dienone is 1. The van der Waals surface area contributed by atoms with Crippen molar-refractivity contribution in [2.24, 2.45) is 10.4 Å². The van der Waals surface area contributed by atoms with Crippen molar-refractivity contribution >= 4 is 45.9 Å². The number of aliphatic imine (C=N–C) groups is 1. The molecule has 0 radical (unpaired) electrons. The van der Waals surface area contributed by atoms with Crippen LogP contribution >= 0.6 is 23.1 Å². The highest BCUT2D eigenvalue weighted by molar-refractivity contribution is 7.98. The van der Waals surface area contributed by atoms with Crippen LogP contribution in [0.3, 0.4) is 0 Å². The van der Waals surface area contributed by atoms with E-state index >= 15 is 0 Å². The van der Waals surface area contributed by atoms with Gasteiger partial charge in [-0.3, -0.25) is 14.7 Å². The average Bonchev–Trinajstić information content (AvgIpc) is 3.13. The number of hydrogen-bond acceptors (Lipinski definition) is 6. The Balaban J connectivity index is 1.75. The van der Waals surface area contributed by atoms with E-state index in [4.69, 9.17) is 0 Å². The van der Waals surface area contributed by atoms with Crippen molar-refractivity contribution < 1.29 is 4.79 Å². The van der Waals surface area contributed by atoms with E-state index in [0.717, 1.165) is 42.1 Å². The molecular formula is C14H18N4OS2. The summed E-state index contributed by atoms with van der Waals surface area (Å²) in [5.74, 6) is 1.06. The first kappa shape index (κ1) is 14.7. The summed E-state index contributed by atoms with van der Waals surface area (Å²) in [5.41, 5.74) is 0.849. The number of anilines is 1. The molecule has 0 spiro atoms. The van der Waals surface area contributed by atoms with E-state index in [0.29, 0.717) is 5.13 Å². The summed E-state index contributed by atoms with van der Waals surface area (Å²) in [5, 5.41) is 9.88. The van der Waals surface area contributed by atoms with E-state index < -0.39 is 0 Å². The summed E-state index contributed by atoms with van der Waals surface area (Å²) in [6, 6.07) is 0. The van der Waals surface area contributed by atoms with Crippen LogP contribution < -0.4 is 4.90 Å². The predicted molar refractivity (Wildman–Crippen MR) is 89.3 cm³/mol. The molecule has 1 aromatic rings. The molecule has 0 bridgehead atoms. The van der Waals surface area contributed by atoms with E-state index in [1.54, 1.807) is 23.7 Å². The number of nitrogens with zero attached hydrogens (tertiary/aromatic N) is 4. The number of carbonyl (C=O) groups excluding carboxylic acids is 1. The SMILES string of the molecule is CSCC1(C(=O)N(C)c2nnc(C3=CCCN=C3)s2)CC1. The third kappa shape index (κ3) is 2.89. The van der Waals surface area contributed by atoms with Crippen LogP contribution in [-0.4, -0.2) is 47.9 Å². The Bertz CT molecular complexity index is 604. The second-order valence-corrected chi connectivity index (χ2v) is 7.27. The van der Waals surface area contributed by atoms with Gasteiger partial charge in [-0.25, -0.2) is 0 Å². The first-order valence-corrected chi connectivity index (χ1v) is 9.18. The zero-order chi connectivity index (χ0) is 14.9. The van der Waals surface area contributed by atoms with E-state index in [2.05, 4.69) is 21.3 Å². The predicted octanol–water partition coefficient (Wildman–Crippen LogP) is 2.50. The zero-order valence-corrected chi connectivity index (χ0v) is 13.8. The molecule has 7 heteroatoms. The number of amides is 1. The molecule has 0 unspecified atom stereocenters. The van der Waals surface area contributed by atoms with Gasteiger partial charge < -0.3 is 0 Å². The summed E-state index contributed by atoms with van der Waals surface area (Å²) in [7, 11) is 1.80. The van der Waals surface area contributed by atoms with Gasteiger partial charge in [0.15, 0.2) is 5.01 Å². The topological polar surface area (TPSA) is 58.5 Å². The smallest absolute Gasteiger partial charge is 0.235 e. The van der Waals surface area contributed by atoms with Crippen LogP contribution in [0.2, 0.25) is 0 Å². The molecule has 1 fully saturated rings. The van der Waals surface area contributed by atoms with Gasteiger partial charge in [0.2, 0.25) is 11.0 Å². The second-order valence-electron chi connectivity index (χ2n) is 5.45. The van der Waals surface area contributed by atoms with Gasteiger partial charge in [0.05, 0.1) is 5.41 Å². The number of carbonyl (C=O) groups is 1. The summed E-state index contributed by atoms with van der Waals surface area (Å²) >= 11 is 3.19. The van der Waals surface area contributed by atoms with E-state index in [1.807, 2.05) is 12.5 Å². The number of rotatable bonds is 5. The Morgan fingerprint density at radius 3 is 2.90 bits per heavy atom. The lowest BCUT2D eigenvalue weighted by atomic mass is 10.1. The highest BCUT2D eigenvalue weighted by Crippen LogP contribution is 2.49. The minimum Gasteiger partial charge on any atom is -0.292 e. The maximum Gasteiger partial charge on any atom is 0.235 e. The second kappa shape index (κ2) is 5.88. The Morgan fingerprint density at radius 1 is 1.48 bits per heavy atom. The Hall–Kier alpha value is -1.21. The molecule has 1 amide bonds. The molecule has 2 heterocycles. The molecule has 112 valence electrons. The van der Waals surface area contributed by atoms with Crippen LogP contribution in [0.25, 0.3) is 5.57 Å². The molecule has 5 nitrogen and oxygen atoms in total. The van der Waals surface area contributed by atoms with Gasteiger partial charge in [-0.1, -0.05) is 17.4 Å². The van der Waals surface area contributed by atoms with Gasteiger partial charge in [0.1, 0.15) is 0 Å². The third-order valence-electron chi connectivity index (χ3n) is 3.83. The van der Waals surface area contributed by atoms with E-state index in [-0.39, 0.29) is 11.3 Å². The summed E-state index contributed by atoms with van der Waals surface area (Å²) < 4.78 is 0. The lowest BCUT2D eigenvalue weighted by Crippen LogP contribution is -2.35. The fourth-order valence-electron chi connectivity index (χ4n) is 2.41. The van der Waals surface area contributed by atoms with E-state index in [9.17, 15) is 4.79 Å². The van der Waals surface area contributed by atoms with Crippen molar-refractivity contribution in [2.45, 2.75) is 19.3 Å². The fraction of sp³-hybridized carbons (Fsp3) is 0.571. The maximum absolute atomic E-state index is 12.6. The van der Waals surface area contributed by atoms with Gasteiger partial charge in [0, 0.05) is 31.1 Å². The van der Waals surface area contributed by atoms with Crippen molar-refractivity contribution in [1.29, 1.82) is 0 Å². The van der Waals surface area contributed by atoms with Crippen molar-refractivity contribution in [3.63, 3.8) is 0 Å². The summed E-state index contributed by atoms with van der Waals surface area (Å²) in [4.78, 5) is 18.5. The first-order valence-electron chi connectivity index (χ1n) is 6.97. The summed E-state index contributed by atoms with van der Waals surface area (Å²) in [6.07, 6.45) is 8.92. The lowest BCUT2D eigenvalue weighted by Gasteiger charge is -2.20. The van der Waals surface area contributed by atoms with Crippen LogP contribution in [0.4, 0.5) is 5.13 Å². The normalized spacial score (nSPS) is 19.2. The molecule has 1 aromatic heterocycles. The molecule has 0 aromatic carbocycles. The molecule has 3 rings (SSSR count). The number of aromatic nitrogens is 2. The first-order chi connectivity index (χ1) is 10.2. The molecular weight excluding hydrogens is 304 g/mol. The molecule has 1 aliphatic carbocycles. The zero-order valence-electron chi connectivity index (χ0n) is 12.2. The lowest BCUT2D eigenvalue weighted by molar-refractivity contribution is -0.122. The number of dihydropyridines is 1. The van der Waals surface area contributed by atoms with Gasteiger partial charge >= 0.3 is 0 Å². The highest BCUT2D eigenvalue weighted by atomic mass is 32.2. The molecule has 21 heavy (non-hydrogen) atoms.